The normalized spacial score (nSPS) is 14.7. The SMILES string of the molecule is CC(=O)Nc1ccc(NC(=O)[C@@H]2CC(=O)Nc3nc(Nc4ccccc4)[nH]c(=O)c32)cc1. The fourth-order valence-electron chi connectivity index (χ4n) is 3.38. The van der Waals surface area contributed by atoms with Gasteiger partial charge in [-0.2, -0.15) is 4.98 Å². The van der Waals surface area contributed by atoms with Crippen LogP contribution in [0.2, 0.25) is 0 Å². The highest BCUT2D eigenvalue weighted by Gasteiger charge is 2.34. The van der Waals surface area contributed by atoms with Crippen molar-refractivity contribution in [3.8, 4) is 0 Å². The van der Waals surface area contributed by atoms with Gasteiger partial charge in [0.25, 0.3) is 5.56 Å². The maximum absolute atomic E-state index is 12.9. The van der Waals surface area contributed by atoms with E-state index < -0.39 is 23.3 Å². The van der Waals surface area contributed by atoms with Gasteiger partial charge in [0.1, 0.15) is 5.82 Å². The van der Waals surface area contributed by atoms with Crippen LogP contribution in [0.3, 0.4) is 0 Å². The van der Waals surface area contributed by atoms with Gasteiger partial charge in [-0.25, -0.2) is 0 Å². The molecule has 2 aromatic carbocycles. The second-order valence-corrected chi connectivity index (χ2v) is 7.22. The van der Waals surface area contributed by atoms with Crippen molar-refractivity contribution in [2.75, 3.05) is 21.3 Å². The molecule has 3 amide bonds. The third-order valence-corrected chi connectivity index (χ3v) is 4.78. The summed E-state index contributed by atoms with van der Waals surface area (Å²) in [5.74, 6) is -1.94. The van der Waals surface area contributed by atoms with Crippen molar-refractivity contribution in [3.05, 3.63) is 70.5 Å². The minimum atomic E-state index is -1.00. The van der Waals surface area contributed by atoms with E-state index in [4.69, 9.17) is 0 Å². The van der Waals surface area contributed by atoms with Crippen LogP contribution in [0, 0.1) is 0 Å². The van der Waals surface area contributed by atoms with Crippen molar-refractivity contribution in [2.24, 2.45) is 0 Å². The van der Waals surface area contributed by atoms with Crippen LogP contribution in [0.5, 0.6) is 0 Å². The van der Waals surface area contributed by atoms with E-state index in [1.807, 2.05) is 18.2 Å². The second kappa shape index (κ2) is 8.72. The van der Waals surface area contributed by atoms with E-state index >= 15 is 0 Å². The molecule has 162 valence electrons. The highest BCUT2D eigenvalue weighted by molar-refractivity contribution is 6.04. The van der Waals surface area contributed by atoms with Gasteiger partial charge in [-0.05, 0) is 36.4 Å². The van der Waals surface area contributed by atoms with Crippen LogP contribution in [-0.4, -0.2) is 27.7 Å². The number of aromatic amines is 1. The van der Waals surface area contributed by atoms with Crippen LogP contribution in [0.1, 0.15) is 24.8 Å². The van der Waals surface area contributed by atoms with Crippen LogP contribution in [0.15, 0.2) is 59.4 Å². The summed E-state index contributed by atoms with van der Waals surface area (Å²) in [6.45, 7) is 1.40. The number of anilines is 5. The molecule has 0 spiro atoms. The zero-order valence-corrected chi connectivity index (χ0v) is 17.1. The third kappa shape index (κ3) is 4.64. The number of amides is 3. The lowest BCUT2D eigenvalue weighted by Crippen LogP contribution is -2.36. The van der Waals surface area contributed by atoms with Crippen molar-refractivity contribution >= 4 is 46.5 Å². The summed E-state index contributed by atoms with van der Waals surface area (Å²) in [4.78, 5) is 55.9. The third-order valence-electron chi connectivity index (χ3n) is 4.78. The van der Waals surface area contributed by atoms with Crippen LogP contribution < -0.4 is 26.8 Å². The van der Waals surface area contributed by atoms with Crippen molar-refractivity contribution < 1.29 is 14.4 Å². The lowest BCUT2D eigenvalue weighted by Gasteiger charge is -2.23. The number of nitrogens with one attached hydrogen (secondary N) is 5. The van der Waals surface area contributed by atoms with Gasteiger partial charge in [0.15, 0.2) is 0 Å². The molecule has 0 fully saturated rings. The summed E-state index contributed by atoms with van der Waals surface area (Å²) in [6, 6.07) is 15.6. The van der Waals surface area contributed by atoms with Gasteiger partial charge in [-0.15, -0.1) is 0 Å². The van der Waals surface area contributed by atoms with Crippen LogP contribution in [-0.2, 0) is 14.4 Å². The van der Waals surface area contributed by atoms with Crippen molar-refractivity contribution in [3.63, 3.8) is 0 Å². The number of carbonyl (C=O) groups excluding carboxylic acids is 3. The molecule has 2 heterocycles. The molecule has 4 rings (SSSR count). The minimum Gasteiger partial charge on any atom is -0.326 e. The molecule has 1 aliphatic rings. The highest BCUT2D eigenvalue weighted by Crippen LogP contribution is 2.30. The predicted octanol–water partition coefficient (Wildman–Crippen LogP) is 2.54. The lowest BCUT2D eigenvalue weighted by molar-refractivity contribution is -0.123. The summed E-state index contributed by atoms with van der Waals surface area (Å²) in [5, 5.41) is 10.9. The van der Waals surface area contributed by atoms with Gasteiger partial charge in [0, 0.05) is 30.4 Å². The van der Waals surface area contributed by atoms with Gasteiger partial charge in [-0.3, -0.25) is 24.2 Å². The first-order valence-electron chi connectivity index (χ1n) is 9.83. The molecule has 1 aromatic heterocycles. The molecule has 1 atom stereocenters. The Morgan fingerprint density at radius 3 is 2.25 bits per heavy atom. The predicted molar refractivity (Wildman–Crippen MR) is 120 cm³/mol. The van der Waals surface area contributed by atoms with Gasteiger partial charge >= 0.3 is 0 Å². The van der Waals surface area contributed by atoms with Gasteiger partial charge < -0.3 is 21.3 Å². The Labute approximate surface area is 182 Å². The molecule has 0 bridgehead atoms. The summed E-state index contributed by atoms with van der Waals surface area (Å²) < 4.78 is 0. The number of nitrogens with zero attached hydrogens (tertiary/aromatic N) is 1. The Morgan fingerprint density at radius 1 is 0.938 bits per heavy atom. The number of para-hydroxylation sites is 1. The topological polar surface area (TPSA) is 145 Å². The quantitative estimate of drug-likeness (QED) is 0.419. The Bertz CT molecular complexity index is 1240. The molecule has 0 saturated heterocycles. The molecule has 10 heteroatoms. The molecule has 0 unspecified atom stereocenters. The maximum atomic E-state index is 12.9. The number of H-pyrrole nitrogens is 1. The Kier molecular flexibility index (Phi) is 5.67. The van der Waals surface area contributed by atoms with E-state index in [2.05, 4.69) is 31.2 Å². The van der Waals surface area contributed by atoms with E-state index in [1.165, 1.54) is 6.92 Å². The van der Waals surface area contributed by atoms with Crippen LogP contribution in [0.25, 0.3) is 0 Å². The van der Waals surface area contributed by atoms with Crippen molar-refractivity contribution in [1.29, 1.82) is 0 Å². The molecule has 0 radical (unpaired) electrons. The van der Waals surface area contributed by atoms with Crippen LogP contribution in [0.4, 0.5) is 28.8 Å². The van der Waals surface area contributed by atoms with Gasteiger partial charge in [0.2, 0.25) is 23.7 Å². The maximum Gasteiger partial charge on any atom is 0.258 e. The average molecular weight is 432 g/mol. The molecular weight excluding hydrogens is 412 g/mol. The molecule has 10 nitrogen and oxygen atoms in total. The van der Waals surface area contributed by atoms with Crippen molar-refractivity contribution in [1.82, 2.24) is 9.97 Å². The Morgan fingerprint density at radius 2 is 1.59 bits per heavy atom. The Balaban J connectivity index is 1.57. The molecular formula is C22H20N6O4. The first-order valence-corrected chi connectivity index (χ1v) is 9.83. The Hall–Kier alpha value is -4.47. The minimum absolute atomic E-state index is 0.0459. The van der Waals surface area contributed by atoms with E-state index in [0.29, 0.717) is 17.1 Å². The van der Waals surface area contributed by atoms with Crippen LogP contribution >= 0.6 is 0 Å². The summed E-state index contributed by atoms with van der Waals surface area (Å²) in [7, 11) is 0. The first-order chi connectivity index (χ1) is 15.4. The standard InChI is InChI=1S/C22H20N6O4/c1-12(29)23-14-7-9-15(10-8-14)24-20(31)16-11-17(30)26-19-18(16)21(32)28-22(27-19)25-13-5-3-2-4-6-13/h2-10,16H,11H2,1H3,(H,23,29)(H,24,31)(H3,25,26,27,28,30,32)/t16-/m1/s1. The molecule has 32 heavy (non-hydrogen) atoms. The number of carbonyl (C=O) groups is 3. The molecule has 0 saturated carbocycles. The van der Waals surface area contributed by atoms with Gasteiger partial charge in [-0.1, -0.05) is 18.2 Å². The van der Waals surface area contributed by atoms with Gasteiger partial charge in [0.05, 0.1) is 11.5 Å². The lowest BCUT2D eigenvalue weighted by atomic mass is 9.92. The highest BCUT2D eigenvalue weighted by atomic mass is 16.2. The van der Waals surface area contributed by atoms with Crippen molar-refractivity contribution in [2.45, 2.75) is 19.3 Å². The summed E-state index contributed by atoms with van der Waals surface area (Å²) >= 11 is 0. The largest absolute Gasteiger partial charge is 0.326 e. The smallest absolute Gasteiger partial charge is 0.258 e. The fraction of sp³-hybridized carbons (Fsp3) is 0.136. The zero-order chi connectivity index (χ0) is 22.7. The van der Waals surface area contributed by atoms with E-state index in [-0.39, 0.29) is 29.7 Å². The number of rotatable bonds is 5. The molecule has 0 aliphatic carbocycles. The second-order valence-electron chi connectivity index (χ2n) is 7.22. The molecule has 3 aromatic rings. The van der Waals surface area contributed by atoms with E-state index in [9.17, 15) is 19.2 Å². The first kappa shape index (κ1) is 20.8. The van der Waals surface area contributed by atoms with E-state index in [0.717, 1.165) is 0 Å². The number of aromatic nitrogens is 2. The number of hydrogen-bond donors (Lipinski definition) is 5. The van der Waals surface area contributed by atoms with E-state index in [1.54, 1.807) is 36.4 Å². The monoisotopic (exact) mass is 432 g/mol. The zero-order valence-electron chi connectivity index (χ0n) is 17.1. The fourth-order valence-corrected chi connectivity index (χ4v) is 3.38. The molecule has 1 aliphatic heterocycles. The number of fused-ring (bicyclic) bond motifs is 1. The molecule has 5 N–H and O–H groups in total. The number of benzene rings is 2. The average Bonchev–Trinajstić information content (AvgIpc) is 2.74. The summed E-state index contributed by atoms with van der Waals surface area (Å²) in [5.41, 5.74) is 1.32. The summed E-state index contributed by atoms with van der Waals surface area (Å²) in [6.07, 6.45) is -0.182. The number of hydrogen-bond acceptors (Lipinski definition) is 6.